The normalized spacial score (nSPS) is 11.8. The number of hydrogen-bond acceptors (Lipinski definition) is 8. The molecular weight excluding hydrogens is 618 g/mol. The summed E-state index contributed by atoms with van der Waals surface area (Å²) in [5.41, 5.74) is 6.44. The van der Waals surface area contributed by atoms with Crippen molar-refractivity contribution in [1.82, 2.24) is 9.99 Å². The number of furan rings is 1. The van der Waals surface area contributed by atoms with Crippen LogP contribution in [0.5, 0.6) is 17.2 Å². The number of benzene rings is 2. The van der Waals surface area contributed by atoms with Gasteiger partial charge < -0.3 is 27.9 Å². The first-order valence-corrected chi connectivity index (χ1v) is 14.6. The Bertz CT molecular complexity index is 1570. The van der Waals surface area contributed by atoms with Gasteiger partial charge in [0.2, 0.25) is 0 Å². The SMILES string of the molecule is CCOC(=O)[C@H](C)Oc1cc(Br)c(/C=N/NC(=O)c2ccc(COc3ccc(-n4c(C)ccc4C)cc3)o2)cc1OCC. The molecule has 2 heterocycles. The Hall–Kier alpha value is -4.51. The van der Waals surface area contributed by atoms with Crippen LogP contribution in [0.3, 0.4) is 0 Å². The van der Waals surface area contributed by atoms with E-state index >= 15 is 0 Å². The van der Waals surface area contributed by atoms with Gasteiger partial charge in [-0.25, -0.2) is 10.2 Å². The van der Waals surface area contributed by atoms with Gasteiger partial charge in [-0.05, 0) is 111 Å². The average Bonchev–Trinajstić information content (AvgIpc) is 3.60. The summed E-state index contributed by atoms with van der Waals surface area (Å²) in [5, 5.41) is 4.05. The molecule has 2 aromatic carbocycles. The zero-order valence-corrected chi connectivity index (χ0v) is 26.3. The Balaban J connectivity index is 1.34. The van der Waals surface area contributed by atoms with Gasteiger partial charge in [-0.15, -0.1) is 0 Å². The van der Waals surface area contributed by atoms with Gasteiger partial charge in [-0.2, -0.15) is 5.10 Å². The van der Waals surface area contributed by atoms with Gasteiger partial charge in [-0.1, -0.05) is 0 Å². The summed E-state index contributed by atoms with van der Waals surface area (Å²) in [4.78, 5) is 24.6. The second-order valence-corrected chi connectivity index (χ2v) is 10.3. The first-order chi connectivity index (χ1) is 20.7. The second kappa shape index (κ2) is 14.6. The van der Waals surface area contributed by atoms with E-state index in [1.54, 1.807) is 38.1 Å². The summed E-state index contributed by atoms with van der Waals surface area (Å²) < 4.78 is 30.7. The van der Waals surface area contributed by atoms with Gasteiger partial charge in [0.05, 0.1) is 19.4 Å². The summed E-state index contributed by atoms with van der Waals surface area (Å²) in [7, 11) is 0. The lowest BCUT2D eigenvalue weighted by molar-refractivity contribution is -0.150. The fraction of sp³-hybridized carbons (Fsp3) is 0.281. The lowest BCUT2D eigenvalue weighted by Crippen LogP contribution is -2.26. The van der Waals surface area contributed by atoms with Gasteiger partial charge in [-0.3, -0.25) is 4.79 Å². The summed E-state index contributed by atoms with van der Waals surface area (Å²) in [6, 6.07) is 18.5. The minimum absolute atomic E-state index is 0.0930. The predicted molar refractivity (Wildman–Crippen MR) is 165 cm³/mol. The molecule has 4 rings (SSSR count). The molecule has 1 atom stereocenters. The van der Waals surface area contributed by atoms with Crippen LogP contribution in [0.25, 0.3) is 5.69 Å². The van der Waals surface area contributed by atoms with Gasteiger partial charge in [0.15, 0.2) is 23.4 Å². The Kier molecular flexibility index (Phi) is 10.7. The number of rotatable bonds is 13. The van der Waals surface area contributed by atoms with E-state index in [9.17, 15) is 9.59 Å². The number of aryl methyl sites for hydroxylation is 2. The van der Waals surface area contributed by atoms with E-state index in [0.717, 1.165) is 17.1 Å². The fourth-order valence-corrected chi connectivity index (χ4v) is 4.65. The lowest BCUT2D eigenvalue weighted by Gasteiger charge is -2.17. The molecule has 0 aliphatic carbocycles. The van der Waals surface area contributed by atoms with Crippen LogP contribution in [0.4, 0.5) is 0 Å². The largest absolute Gasteiger partial charge is 0.490 e. The number of halogens is 1. The molecule has 0 saturated carbocycles. The number of amides is 1. The molecule has 1 amide bonds. The van der Waals surface area contributed by atoms with Crippen LogP contribution in [0, 0.1) is 13.8 Å². The van der Waals surface area contributed by atoms with E-state index in [2.05, 4.69) is 57.0 Å². The monoisotopic (exact) mass is 651 g/mol. The quantitative estimate of drug-likeness (QED) is 0.0994. The number of nitrogens with one attached hydrogen (secondary N) is 1. The first-order valence-electron chi connectivity index (χ1n) is 13.8. The van der Waals surface area contributed by atoms with Gasteiger partial charge in [0, 0.05) is 27.1 Å². The van der Waals surface area contributed by atoms with E-state index < -0.39 is 18.0 Å². The molecule has 43 heavy (non-hydrogen) atoms. The smallest absolute Gasteiger partial charge is 0.347 e. The Morgan fingerprint density at radius 1 is 0.977 bits per heavy atom. The van der Waals surface area contributed by atoms with Crippen LogP contribution in [0.1, 0.15) is 54.0 Å². The number of nitrogens with zero attached hydrogens (tertiary/aromatic N) is 2. The Morgan fingerprint density at radius 3 is 2.37 bits per heavy atom. The van der Waals surface area contributed by atoms with Crippen molar-refractivity contribution in [3.63, 3.8) is 0 Å². The molecule has 0 aliphatic rings. The molecule has 0 bridgehead atoms. The molecule has 1 N–H and O–H groups in total. The van der Waals surface area contributed by atoms with Crippen molar-refractivity contribution in [2.24, 2.45) is 5.10 Å². The molecule has 226 valence electrons. The highest BCUT2D eigenvalue weighted by Crippen LogP contribution is 2.34. The molecule has 0 unspecified atom stereocenters. The van der Waals surface area contributed by atoms with E-state index in [1.165, 1.54) is 6.21 Å². The van der Waals surface area contributed by atoms with Crippen molar-refractivity contribution in [3.05, 3.63) is 93.6 Å². The van der Waals surface area contributed by atoms with E-state index in [0.29, 0.717) is 39.7 Å². The molecule has 0 aliphatic heterocycles. The molecular formula is C32H34BrN3O7. The van der Waals surface area contributed by atoms with Crippen LogP contribution < -0.4 is 19.6 Å². The molecule has 2 aromatic heterocycles. The van der Waals surface area contributed by atoms with Gasteiger partial charge in [0.25, 0.3) is 0 Å². The zero-order valence-electron chi connectivity index (χ0n) is 24.7. The maximum absolute atomic E-state index is 12.6. The molecule has 4 aromatic rings. The van der Waals surface area contributed by atoms with Crippen LogP contribution in [-0.2, 0) is 16.1 Å². The Morgan fingerprint density at radius 2 is 1.70 bits per heavy atom. The molecule has 0 fully saturated rings. The molecule has 0 spiro atoms. The number of hydrazone groups is 1. The van der Waals surface area contributed by atoms with Crippen LogP contribution >= 0.6 is 15.9 Å². The summed E-state index contributed by atoms with van der Waals surface area (Å²) in [6.07, 6.45) is 0.633. The number of carbonyl (C=O) groups excluding carboxylic acids is 2. The molecule has 0 radical (unpaired) electrons. The molecule has 10 nitrogen and oxygen atoms in total. The average molecular weight is 653 g/mol. The third kappa shape index (κ3) is 8.07. The number of aromatic nitrogens is 1. The number of carbonyl (C=O) groups is 2. The third-order valence-corrected chi connectivity index (χ3v) is 6.97. The van der Waals surface area contributed by atoms with Gasteiger partial charge in [0.1, 0.15) is 18.1 Å². The summed E-state index contributed by atoms with van der Waals surface area (Å²) >= 11 is 3.47. The highest BCUT2D eigenvalue weighted by atomic mass is 79.9. The summed E-state index contributed by atoms with van der Waals surface area (Å²) in [6.45, 7) is 10.1. The standard InChI is InChI=1S/C32H34BrN3O7/c1-6-39-29-16-23(27(33)17-30(29)42-22(5)32(38)40-7-2)18-34-35-31(37)28-15-14-26(43-28)19-41-25-12-10-24(11-13-25)36-20(3)8-9-21(36)4/h8-18,22H,6-7,19H2,1-5H3,(H,35,37)/b34-18+/t22-/m0/s1. The number of esters is 1. The molecule has 0 saturated heterocycles. The maximum atomic E-state index is 12.6. The maximum Gasteiger partial charge on any atom is 0.347 e. The van der Waals surface area contributed by atoms with Crippen molar-refractivity contribution < 1.29 is 33.0 Å². The minimum atomic E-state index is -0.822. The van der Waals surface area contributed by atoms with E-state index in [4.69, 9.17) is 23.4 Å². The summed E-state index contributed by atoms with van der Waals surface area (Å²) in [5.74, 6) is 1.05. The van der Waals surface area contributed by atoms with Crippen molar-refractivity contribution in [2.45, 2.75) is 47.3 Å². The van der Waals surface area contributed by atoms with Crippen LogP contribution in [0.2, 0.25) is 0 Å². The molecule has 11 heteroatoms. The lowest BCUT2D eigenvalue weighted by atomic mass is 10.2. The Labute approximate surface area is 258 Å². The van der Waals surface area contributed by atoms with Crippen molar-refractivity contribution >= 4 is 34.0 Å². The van der Waals surface area contributed by atoms with Crippen molar-refractivity contribution in [1.29, 1.82) is 0 Å². The highest BCUT2D eigenvalue weighted by molar-refractivity contribution is 9.10. The van der Waals surface area contributed by atoms with E-state index in [1.807, 2.05) is 31.2 Å². The third-order valence-electron chi connectivity index (χ3n) is 6.29. The first kappa shape index (κ1) is 31.4. The van der Waals surface area contributed by atoms with Crippen LogP contribution in [0.15, 0.2) is 74.7 Å². The topological polar surface area (TPSA) is 114 Å². The minimum Gasteiger partial charge on any atom is -0.490 e. The predicted octanol–water partition coefficient (Wildman–Crippen LogP) is 6.52. The van der Waals surface area contributed by atoms with E-state index in [-0.39, 0.29) is 19.0 Å². The van der Waals surface area contributed by atoms with Gasteiger partial charge >= 0.3 is 11.9 Å². The zero-order chi connectivity index (χ0) is 30.9. The van der Waals surface area contributed by atoms with Crippen LogP contribution in [-0.4, -0.2) is 42.0 Å². The van der Waals surface area contributed by atoms with Crippen molar-refractivity contribution in [2.75, 3.05) is 13.2 Å². The second-order valence-electron chi connectivity index (χ2n) is 9.46. The fourth-order valence-electron chi connectivity index (χ4n) is 4.22. The van der Waals surface area contributed by atoms with Crippen molar-refractivity contribution in [3.8, 4) is 22.9 Å². The number of ether oxygens (including phenoxy) is 4. The highest BCUT2D eigenvalue weighted by Gasteiger charge is 2.19. The number of hydrogen-bond donors (Lipinski definition) is 1.